The van der Waals surface area contributed by atoms with E-state index in [4.69, 9.17) is 8.23 Å². The first-order valence-corrected chi connectivity index (χ1v) is 14.4. The Hall–Kier alpha value is 0.571. The Bertz CT molecular complexity index is 156. The molecule has 0 aliphatic carbocycles. The summed E-state index contributed by atoms with van der Waals surface area (Å²) in [5.74, 6) is 0. The van der Waals surface area contributed by atoms with Crippen LogP contribution in [0.25, 0.3) is 0 Å². The largest absolute Gasteiger partial charge is 0.437 e. The smallest absolute Gasteiger partial charge is 0.311 e. The average Bonchev–Trinajstić information content (AvgIpc) is 1.43. The normalized spacial score (nSPS) is 12.8. The summed E-state index contributed by atoms with van der Waals surface area (Å²) in [6.07, 6.45) is 0. The summed E-state index contributed by atoms with van der Waals surface area (Å²) in [5.41, 5.74) is 0. The van der Waals surface area contributed by atoms with Crippen molar-refractivity contribution in [2.45, 2.75) is 67.2 Å². The number of rotatable bonds is 4. The molecular formula is C10H34O2Si3. The topological polar surface area (TPSA) is 18.5 Å². The van der Waals surface area contributed by atoms with Crippen molar-refractivity contribution < 1.29 is 9.66 Å². The van der Waals surface area contributed by atoms with Gasteiger partial charge >= 0.3 is 8.56 Å². The van der Waals surface area contributed by atoms with Gasteiger partial charge in [-0.25, -0.2) is 0 Å². The first-order chi connectivity index (χ1) is 5.41. The average molecular weight is 272 g/mol. The highest BCUT2D eigenvalue weighted by molar-refractivity contribution is 6.87. The summed E-state index contributed by atoms with van der Waals surface area (Å²) in [4.78, 5) is 0. The van der Waals surface area contributed by atoms with Gasteiger partial charge in [-0.2, -0.15) is 0 Å². The molecule has 98 valence electrons. The molecule has 0 atom stereocenters. The lowest BCUT2D eigenvalue weighted by atomic mass is 11.8. The van der Waals surface area contributed by atoms with Crippen molar-refractivity contribution in [2.24, 2.45) is 0 Å². The molecule has 0 saturated heterocycles. The van der Waals surface area contributed by atoms with Gasteiger partial charge in [0.2, 0.25) is 0 Å². The number of hydrogen-bond acceptors (Lipinski definition) is 2. The van der Waals surface area contributed by atoms with E-state index in [0.29, 0.717) is 0 Å². The molecule has 0 aliphatic heterocycles. The third-order valence-electron chi connectivity index (χ3n) is 1.10. The highest BCUT2D eigenvalue weighted by atomic mass is 28.5. The first kappa shape index (κ1) is 20.9. The highest BCUT2D eigenvalue weighted by Gasteiger charge is 2.35. The quantitative estimate of drug-likeness (QED) is 0.676. The minimum absolute atomic E-state index is 0. The van der Waals surface area contributed by atoms with Crippen LogP contribution in [0.4, 0.5) is 0 Å². The van der Waals surface area contributed by atoms with E-state index in [1.54, 1.807) is 0 Å². The van der Waals surface area contributed by atoms with Crippen molar-refractivity contribution in [2.75, 3.05) is 0 Å². The van der Waals surface area contributed by atoms with Crippen LogP contribution in [-0.2, 0) is 8.23 Å². The summed E-state index contributed by atoms with van der Waals surface area (Å²) < 4.78 is 12.2. The lowest BCUT2D eigenvalue weighted by molar-refractivity contribution is 0.395. The molecule has 5 heteroatoms. The minimum Gasteiger partial charge on any atom is -0.437 e. The Morgan fingerprint density at radius 3 is 0.933 bits per heavy atom. The van der Waals surface area contributed by atoms with Crippen molar-refractivity contribution in [3.8, 4) is 0 Å². The SMILES string of the molecule is C.C.C[Si](C)(C)O[Si](C)(C)O[Si](C)(C)C.[2HH]. The molecule has 15 heavy (non-hydrogen) atoms. The molecule has 0 spiro atoms. The second-order valence-corrected chi connectivity index (χ2v) is 18.7. The van der Waals surface area contributed by atoms with Crippen molar-refractivity contribution in [3.05, 3.63) is 0 Å². The van der Waals surface area contributed by atoms with Crippen molar-refractivity contribution >= 4 is 25.2 Å². The molecule has 0 bridgehead atoms. The highest BCUT2D eigenvalue weighted by Crippen LogP contribution is 2.19. The van der Waals surface area contributed by atoms with Crippen LogP contribution in [0.1, 0.15) is 16.3 Å². The van der Waals surface area contributed by atoms with Gasteiger partial charge in [0.15, 0.2) is 16.6 Å². The van der Waals surface area contributed by atoms with E-state index in [1.165, 1.54) is 0 Å². The second kappa shape index (κ2) is 6.34. The van der Waals surface area contributed by atoms with Crippen LogP contribution in [0.5, 0.6) is 0 Å². The second-order valence-electron chi connectivity index (χ2n) is 5.83. The van der Waals surface area contributed by atoms with Crippen LogP contribution in [0.15, 0.2) is 0 Å². The molecule has 2 nitrogen and oxygen atoms in total. The molecule has 0 saturated carbocycles. The Morgan fingerprint density at radius 1 is 0.600 bits per heavy atom. The van der Waals surface area contributed by atoms with Gasteiger partial charge in [-0.15, -0.1) is 0 Å². The maximum absolute atomic E-state index is 6.09. The van der Waals surface area contributed by atoms with E-state index in [9.17, 15) is 0 Å². The van der Waals surface area contributed by atoms with Crippen LogP contribution in [0.2, 0.25) is 52.4 Å². The van der Waals surface area contributed by atoms with E-state index in [1.807, 2.05) is 0 Å². The predicted molar refractivity (Wildman–Crippen MR) is 81.9 cm³/mol. The lowest BCUT2D eigenvalue weighted by Gasteiger charge is -2.35. The summed E-state index contributed by atoms with van der Waals surface area (Å²) >= 11 is 0. The van der Waals surface area contributed by atoms with Gasteiger partial charge in [0, 0.05) is 1.43 Å². The van der Waals surface area contributed by atoms with Crippen LogP contribution in [-0.4, -0.2) is 25.2 Å². The Labute approximate surface area is 102 Å². The van der Waals surface area contributed by atoms with Gasteiger partial charge in [0.1, 0.15) is 0 Å². The van der Waals surface area contributed by atoms with E-state index in [-0.39, 0.29) is 16.3 Å². The molecule has 0 aromatic rings. The molecule has 0 radical (unpaired) electrons. The third-order valence-corrected chi connectivity index (χ3v) is 9.94. The van der Waals surface area contributed by atoms with Crippen LogP contribution in [0, 0.1) is 0 Å². The fourth-order valence-electron chi connectivity index (χ4n) is 1.50. The van der Waals surface area contributed by atoms with Crippen LogP contribution >= 0.6 is 0 Å². The zero-order valence-corrected chi connectivity index (χ0v) is 13.3. The van der Waals surface area contributed by atoms with E-state index >= 15 is 0 Å². The van der Waals surface area contributed by atoms with Crippen molar-refractivity contribution in [1.29, 1.82) is 0 Å². The molecule has 0 N–H and O–H groups in total. The molecule has 0 rings (SSSR count). The molecule has 0 aromatic heterocycles. The Balaban J connectivity index is -0.000000240. The summed E-state index contributed by atoms with van der Waals surface area (Å²) in [6.45, 7) is 17.6. The Kier molecular flexibility index (Phi) is 8.84. The number of hydrogen-bond donors (Lipinski definition) is 0. The maximum atomic E-state index is 6.09. The van der Waals surface area contributed by atoms with Gasteiger partial charge in [-0.3, -0.25) is 0 Å². The van der Waals surface area contributed by atoms with Gasteiger partial charge in [0.25, 0.3) is 0 Å². The summed E-state index contributed by atoms with van der Waals surface area (Å²) in [5, 5.41) is 0. The molecule has 0 aromatic carbocycles. The lowest BCUT2D eigenvalue weighted by Crippen LogP contribution is -2.50. The third kappa shape index (κ3) is 14.6. The van der Waals surface area contributed by atoms with E-state index in [0.717, 1.165) is 0 Å². The first-order valence-electron chi connectivity index (χ1n) is 4.82. The zero-order chi connectivity index (χ0) is 10.9. The fourth-order valence-corrected chi connectivity index (χ4v) is 13.8. The maximum Gasteiger partial charge on any atom is 0.311 e. The zero-order valence-electron chi connectivity index (χ0n) is 10.3. The molecule has 0 fully saturated rings. The van der Waals surface area contributed by atoms with Gasteiger partial charge in [-0.1, -0.05) is 14.9 Å². The van der Waals surface area contributed by atoms with Gasteiger partial charge in [-0.05, 0) is 52.4 Å². The molecular weight excluding hydrogens is 236 g/mol. The minimum atomic E-state index is -1.85. The molecule has 0 aliphatic rings. The fraction of sp³-hybridized carbons (Fsp3) is 1.00. The van der Waals surface area contributed by atoms with Gasteiger partial charge in [0.05, 0.1) is 0 Å². The van der Waals surface area contributed by atoms with E-state index in [2.05, 4.69) is 52.4 Å². The van der Waals surface area contributed by atoms with E-state index < -0.39 is 25.2 Å². The van der Waals surface area contributed by atoms with Crippen molar-refractivity contribution in [1.82, 2.24) is 0 Å². The molecule has 0 heterocycles. The van der Waals surface area contributed by atoms with Gasteiger partial charge < -0.3 is 8.23 Å². The molecule has 0 unspecified atom stereocenters. The summed E-state index contributed by atoms with van der Waals surface area (Å²) in [6, 6.07) is 0. The Morgan fingerprint density at radius 2 is 0.800 bits per heavy atom. The van der Waals surface area contributed by atoms with Crippen LogP contribution in [0.3, 0.4) is 0 Å². The predicted octanol–water partition coefficient (Wildman–Crippen LogP) is 4.91. The standard InChI is InChI=1S/C8H24O2Si3.2CH4.H2/c1-11(2,3)9-13(7,8)10-12(4,5)6;;;/h1-8H3;2*1H4;1H/i;;;1+1. The van der Waals surface area contributed by atoms with Crippen molar-refractivity contribution in [3.63, 3.8) is 0 Å². The summed E-state index contributed by atoms with van der Waals surface area (Å²) in [7, 11) is -4.72. The monoisotopic (exact) mass is 271 g/mol. The molecule has 0 amide bonds. The van der Waals surface area contributed by atoms with Crippen LogP contribution < -0.4 is 0 Å².